The highest BCUT2D eigenvalue weighted by atomic mass is 19.4. The van der Waals surface area contributed by atoms with Crippen LogP contribution in [0.3, 0.4) is 0 Å². The number of benzene rings is 1. The Morgan fingerprint density at radius 3 is 2.48 bits per heavy atom. The molecule has 2 amide bonds. The van der Waals surface area contributed by atoms with Crippen molar-refractivity contribution in [3.8, 4) is 0 Å². The number of carbonyl (C=O) groups excluding carboxylic acids is 2. The van der Waals surface area contributed by atoms with Crippen molar-refractivity contribution in [2.75, 3.05) is 6.61 Å². The summed E-state index contributed by atoms with van der Waals surface area (Å²) in [6.45, 7) is -0.148. The maximum atomic E-state index is 12.7. The summed E-state index contributed by atoms with van der Waals surface area (Å²) in [6, 6.07) is 7.99. The van der Waals surface area contributed by atoms with Crippen LogP contribution in [0.4, 0.5) is 18.0 Å². The quantitative estimate of drug-likeness (QED) is 0.844. The van der Waals surface area contributed by atoms with Crippen LogP contribution in [0, 0.1) is 5.92 Å². The zero-order chi connectivity index (χ0) is 18.6. The van der Waals surface area contributed by atoms with Crippen molar-refractivity contribution in [2.24, 2.45) is 5.92 Å². The van der Waals surface area contributed by atoms with E-state index in [0.717, 1.165) is 5.56 Å². The largest absolute Gasteiger partial charge is 0.481 e. The van der Waals surface area contributed by atoms with Crippen LogP contribution in [0.25, 0.3) is 0 Å². The molecule has 1 aliphatic heterocycles. The summed E-state index contributed by atoms with van der Waals surface area (Å²) < 4.78 is 42.8. The standard InChI is InChI=1S/C16H16F3NO5/c17-16(18,19)8-11(7-13(21)22)14(23)20-12(9-25-15(20)24)6-10-4-2-1-3-5-10/h1-5,11-12H,6-9H2,(H,21,22). The van der Waals surface area contributed by atoms with Gasteiger partial charge < -0.3 is 9.84 Å². The van der Waals surface area contributed by atoms with Gasteiger partial charge in [0, 0.05) is 0 Å². The highest BCUT2D eigenvalue weighted by molar-refractivity contribution is 5.96. The van der Waals surface area contributed by atoms with E-state index < -0.39 is 48.9 Å². The van der Waals surface area contributed by atoms with Crippen molar-refractivity contribution in [3.63, 3.8) is 0 Å². The summed E-state index contributed by atoms with van der Waals surface area (Å²) in [4.78, 5) is 35.7. The van der Waals surface area contributed by atoms with Gasteiger partial charge in [-0.3, -0.25) is 9.59 Å². The predicted octanol–water partition coefficient (Wildman–Crippen LogP) is 2.62. The minimum absolute atomic E-state index is 0.148. The average Bonchev–Trinajstić information content (AvgIpc) is 2.86. The van der Waals surface area contributed by atoms with Gasteiger partial charge in [-0.1, -0.05) is 30.3 Å². The second-order valence-electron chi connectivity index (χ2n) is 5.74. The molecule has 9 heteroatoms. The number of hydrogen-bond donors (Lipinski definition) is 1. The van der Waals surface area contributed by atoms with Gasteiger partial charge in [0.2, 0.25) is 5.91 Å². The summed E-state index contributed by atoms with van der Waals surface area (Å²) in [7, 11) is 0. The van der Waals surface area contributed by atoms with Crippen molar-refractivity contribution in [3.05, 3.63) is 35.9 Å². The molecule has 0 saturated carbocycles. The normalized spacial score (nSPS) is 18.8. The SMILES string of the molecule is O=C(O)CC(CC(F)(F)F)C(=O)N1C(=O)OCC1Cc1ccccc1. The van der Waals surface area contributed by atoms with Gasteiger partial charge in [-0.2, -0.15) is 13.2 Å². The molecule has 136 valence electrons. The highest BCUT2D eigenvalue weighted by Crippen LogP contribution is 2.30. The number of ether oxygens (including phenoxy) is 1. The lowest BCUT2D eigenvalue weighted by molar-refractivity contribution is -0.162. The minimum Gasteiger partial charge on any atom is -0.481 e. The fourth-order valence-electron chi connectivity index (χ4n) is 2.70. The first-order valence-electron chi connectivity index (χ1n) is 7.49. The number of halogens is 3. The maximum Gasteiger partial charge on any atom is 0.416 e. The molecule has 0 aromatic heterocycles. The molecule has 0 radical (unpaired) electrons. The molecule has 2 rings (SSSR count). The van der Waals surface area contributed by atoms with Gasteiger partial charge in [-0.15, -0.1) is 0 Å². The Morgan fingerprint density at radius 1 is 1.28 bits per heavy atom. The zero-order valence-corrected chi connectivity index (χ0v) is 13.0. The number of amides is 2. The van der Waals surface area contributed by atoms with Crippen molar-refractivity contribution >= 4 is 18.0 Å². The summed E-state index contributed by atoms with van der Waals surface area (Å²) in [5.74, 6) is -4.60. The Hall–Kier alpha value is -2.58. The second kappa shape index (κ2) is 7.54. The lowest BCUT2D eigenvalue weighted by Crippen LogP contribution is -2.45. The third-order valence-corrected chi connectivity index (χ3v) is 3.76. The number of imide groups is 1. The van der Waals surface area contributed by atoms with E-state index in [1.165, 1.54) is 0 Å². The summed E-state index contributed by atoms with van der Waals surface area (Å²) in [5, 5.41) is 8.79. The van der Waals surface area contributed by atoms with E-state index in [1.807, 2.05) is 0 Å². The minimum atomic E-state index is -4.73. The van der Waals surface area contributed by atoms with Gasteiger partial charge in [0.15, 0.2) is 0 Å². The Labute approximate surface area is 141 Å². The number of aliphatic carboxylic acids is 1. The molecule has 2 unspecified atom stereocenters. The number of carbonyl (C=O) groups is 3. The molecule has 1 N–H and O–H groups in total. The van der Waals surface area contributed by atoms with Crippen LogP contribution in [-0.4, -0.2) is 46.8 Å². The van der Waals surface area contributed by atoms with Crippen LogP contribution < -0.4 is 0 Å². The lowest BCUT2D eigenvalue weighted by atomic mass is 9.97. The van der Waals surface area contributed by atoms with Gasteiger partial charge in [0.25, 0.3) is 0 Å². The molecule has 1 aliphatic rings. The fourth-order valence-corrected chi connectivity index (χ4v) is 2.70. The molecular weight excluding hydrogens is 343 g/mol. The van der Waals surface area contributed by atoms with Crippen molar-refractivity contribution in [2.45, 2.75) is 31.5 Å². The monoisotopic (exact) mass is 359 g/mol. The van der Waals surface area contributed by atoms with Crippen molar-refractivity contribution in [1.29, 1.82) is 0 Å². The Balaban J connectivity index is 2.19. The number of cyclic esters (lactones) is 1. The van der Waals surface area contributed by atoms with E-state index in [9.17, 15) is 27.6 Å². The molecular formula is C16H16F3NO5. The summed E-state index contributed by atoms with van der Waals surface area (Å²) in [6.07, 6.45) is -8.19. The number of alkyl halides is 3. The maximum absolute atomic E-state index is 12.7. The lowest BCUT2D eigenvalue weighted by Gasteiger charge is -2.24. The second-order valence-corrected chi connectivity index (χ2v) is 5.74. The molecule has 0 spiro atoms. The first kappa shape index (κ1) is 18.8. The molecule has 1 heterocycles. The van der Waals surface area contributed by atoms with Gasteiger partial charge >= 0.3 is 18.2 Å². The number of rotatable bonds is 6. The van der Waals surface area contributed by atoms with Crippen molar-refractivity contribution < 1.29 is 37.4 Å². The van der Waals surface area contributed by atoms with E-state index in [0.29, 0.717) is 4.90 Å². The smallest absolute Gasteiger partial charge is 0.416 e. The molecule has 1 aromatic carbocycles. The predicted molar refractivity (Wildman–Crippen MR) is 78.5 cm³/mol. The molecule has 25 heavy (non-hydrogen) atoms. The molecule has 1 aromatic rings. The molecule has 0 aliphatic carbocycles. The topological polar surface area (TPSA) is 83.9 Å². The number of carboxylic acids is 1. The first-order valence-corrected chi connectivity index (χ1v) is 7.49. The Bertz CT molecular complexity index is 647. The third kappa shape index (κ3) is 5.20. The van der Waals surface area contributed by atoms with Crippen LogP contribution in [0.2, 0.25) is 0 Å². The van der Waals surface area contributed by atoms with Crippen molar-refractivity contribution in [1.82, 2.24) is 4.90 Å². The summed E-state index contributed by atoms with van der Waals surface area (Å²) >= 11 is 0. The van der Waals surface area contributed by atoms with E-state index in [1.54, 1.807) is 30.3 Å². The van der Waals surface area contributed by atoms with E-state index in [4.69, 9.17) is 9.84 Å². The van der Waals surface area contributed by atoms with E-state index in [-0.39, 0.29) is 13.0 Å². The van der Waals surface area contributed by atoms with Crippen LogP contribution in [0.15, 0.2) is 30.3 Å². The Morgan fingerprint density at radius 2 is 1.92 bits per heavy atom. The molecule has 0 bridgehead atoms. The number of hydrogen-bond acceptors (Lipinski definition) is 4. The Kier molecular flexibility index (Phi) is 5.66. The van der Waals surface area contributed by atoms with Gasteiger partial charge in [0.1, 0.15) is 6.61 Å². The van der Waals surface area contributed by atoms with Crippen LogP contribution in [0.5, 0.6) is 0 Å². The van der Waals surface area contributed by atoms with Gasteiger partial charge in [0.05, 0.1) is 24.8 Å². The average molecular weight is 359 g/mol. The molecule has 2 atom stereocenters. The number of carboxylic acid groups (broad SMARTS) is 1. The van der Waals surface area contributed by atoms with Crippen LogP contribution in [-0.2, 0) is 20.7 Å². The summed E-state index contributed by atoms with van der Waals surface area (Å²) in [5.41, 5.74) is 0.772. The molecule has 6 nitrogen and oxygen atoms in total. The van der Waals surface area contributed by atoms with Gasteiger partial charge in [-0.25, -0.2) is 9.69 Å². The van der Waals surface area contributed by atoms with E-state index in [2.05, 4.69) is 0 Å². The fraction of sp³-hybridized carbons (Fsp3) is 0.438. The molecule has 1 fully saturated rings. The third-order valence-electron chi connectivity index (χ3n) is 3.76. The van der Waals surface area contributed by atoms with Crippen LogP contribution in [0.1, 0.15) is 18.4 Å². The van der Waals surface area contributed by atoms with Crippen LogP contribution >= 0.6 is 0 Å². The molecule has 1 saturated heterocycles. The van der Waals surface area contributed by atoms with E-state index >= 15 is 0 Å². The zero-order valence-electron chi connectivity index (χ0n) is 13.0. The first-order chi connectivity index (χ1) is 11.7. The van der Waals surface area contributed by atoms with Gasteiger partial charge in [-0.05, 0) is 12.0 Å². The highest BCUT2D eigenvalue weighted by Gasteiger charge is 2.44. The number of nitrogens with zero attached hydrogens (tertiary/aromatic N) is 1.